The van der Waals surface area contributed by atoms with E-state index < -0.39 is 0 Å². The van der Waals surface area contributed by atoms with Gasteiger partial charge in [0.05, 0.1) is 0 Å². The topological polar surface area (TPSA) is 3.24 Å². The standard InChI is InChI=1S/C20H22ClN.ClH/c1-22(2)14-6-10-17-16-8-4-3-7-15(16)12-13-19-18(17)9-5-11-20(19)21;/h3-5,7-11H,6,12-14H2,1-2H3;1H/b17-10+;. The highest BCUT2D eigenvalue weighted by Crippen LogP contribution is 2.36. The number of halogens is 2. The third-order valence-corrected chi connectivity index (χ3v) is 4.64. The highest BCUT2D eigenvalue weighted by Gasteiger charge is 2.19. The summed E-state index contributed by atoms with van der Waals surface area (Å²) < 4.78 is 0. The maximum atomic E-state index is 6.47. The first-order chi connectivity index (χ1) is 10.7. The third-order valence-electron chi connectivity index (χ3n) is 4.29. The number of hydrogen-bond acceptors (Lipinski definition) is 1. The predicted molar refractivity (Wildman–Crippen MR) is 103 cm³/mol. The van der Waals surface area contributed by atoms with Crippen molar-refractivity contribution in [2.75, 3.05) is 20.6 Å². The van der Waals surface area contributed by atoms with Crippen LogP contribution in [-0.2, 0) is 12.8 Å². The van der Waals surface area contributed by atoms with Crippen molar-refractivity contribution in [2.24, 2.45) is 0 Å². The molecule has 122 valence electrons. The van der Waals surface area contributed by atoms with Crippen molar-refractivity contribution in [3.8, 4) is 0 Å². The number of benzene rings is 2. The zero-order valence-electron chi connectivity index (χ0n) is 13.7. The van der Waals surface area contributed by atoms with Gasteiger partial charge in [-0.05, 0) is 67.3 Å². The van der Waals surface area contributed by atoms with E-state index >= 15 is 0 Å². The second-order valence-corrected chi connectivity index (χ2v) is 6.54. The van der Waals surface area contributed by atoms with Gasteiger partial charge in [-0.2, -0.15) is 0 Å². The van der Waals surface area contributed by atoms with Crippen LogP contribution >= 0.6 is 24.0 Å². The summed E-state index contributed by atoms with van der Waals surface area (Å²) in [7, 11) is 4.23. The molecule has 1 aliphatic carbocycles. The molecule has 0 fully saturated rings. The van der Waals surface area contributed by atoms with Crippen molar-refractivity contribution < 1.29 is 0 Å². The molecule has 0 heterocycles. The van der Waals surface area contributed by atoms with Gasteiger partial charge in [-0.25, -0.2) is 0 Å². The summed E-state index contributed by atoms with van der Waals surface area (Å²) in [6, 6.07) is 15.0. The summed E-state index contributed by atoms with van der Waals surface area (Å²) in [5.41, 5.74) is 6.72. The Kier molecular flexibility index (Phi) is 6.29. The van der Waals surface area contributed by atoms with Crippen LogP contribution in [0.15, 0.2) is 48.5 Å². The fraction of sp³-hybridized carbons (Fsp3) is 0.300. The fourth-order valence-electron chi connectivity index (χ4n) is 3.16. The zero-order valence-corrected chi connectivity index (χ0v) is 15.3. The smallest absolute Gasteiger partial charge is 0.0444 e. The highest BCUT2D eigenvalue weighted by atomic mass is 35.5. The van der Waals surface area contributed by atoms with Gasteiger partial charge in [0.25, 0.3) is 0 Å². The largest absolute Gasteiger partial charge is 0.309 e. The molecule has 0 unspecified atom stereocenters. The first kappa shape index (κ1) is 18.1. The lowest BCUT2D eigenvalue weighted by Crippen LogP contribution is -2.12. The Hall–Kier alpha value is -1.28. The van der Waals surface area contributed by atoms with E-state index in [1.165, 1.54) is 27.8 Å². The van der Waals surface area contributed by atoms with E-state index in [9.17, 15) is 0 Å². The van der Waals surface area contributed by atoms with E-state index in [2.05, 4.69) is 61.5 Å². The molecule has 2 aromatic carbocycles. The Morgan fingerprint density at radius 2 is 1.74 bits per heavy atom. The quantitative estimate of drug-likeness (QED) is 0.733. The molecule has 0 atom stereocenters. The second kappa shape index (κ2) is 8.01. The number of hydrogen-bond donors (Lipinski definition) is 0. The van der Waals surface area contributed by atoms with Gasteiger partial charge in [0, 0.05) is 11.6 Å². The Labute approximate surface area is 150 Å². The van der Waals surface area contributed by atoms with Crippen molar-refractivity contribution in [2.45, 2.75) is 19.3 Å². The van der Waals surface area contributed by atoms with Crippen LogP contribution in [-0.4, -0.2) is 25.5 Å². The average molecular weight is 348 g/mol. The minimum absolute atomic E-state index is 0. The molecule has 0 saturated heterocycles. The van der Waals surface area contributed by atoms with Crippen LogP contribution in [0.25, 0.3) is 5.57 Å². The molecule has 3 rings (SSSR count). The number of aryl methyl sites for hydroxylation is 1. The lowest BCUT2D eigenvalue weighted by molar-refractivity contribution is 0.417. The monoisotopic (exact) mass is 347 g/mol. The van der Waals surface area contributed by atoms with Crippen molar-refractivity contribution >= 4 is 29.6 Å². The van der Waals surface area contributed by atoms with Crippen LogP contribution in [0.4, 0.5) is 0 Å². The molecule has 0 spiro atoms. The van der Waals surface area contributed by atoms with Crippen molar-refractivity contribution in [3.63, 3.8) is 0 Å². The van der Waals surface area contributed by atoms with Crippen LogP contribution < -0.4 is 0 Å². The Morgan fingerprint density at radius 1 is 1.00 bits per heavy atom. The molecule has 0 amide bonds. The van der Waals surface area contributed by atoms with E-state index in [-0.39, 0.29) is 12.4 Å². The third kappa shape index (κ3) is 3.98. The van der Waals surface area contributed by atoms with Gasteiger partial charge in [0.2, 0.25) is 0 Å². The molecule has 1 aliphatic rings. The van der Waals surface area contributed by atoms with Crippen molar-refractivity contribution in [3.05, 3.63) is 75.8 Å². The summed E-state index contributed by atoms with van der Waals surface area (Å²) >= 11 is 6.47. The number of rotatable bonds is 3. The summed E-state index contributed by atoms with van der Waals surface area (Å²) in [5, 5.41) is 0.892. The van der Waals surface area contributed by atoms with Gasteiger partial charge < -0.3 is 4.90 Å². The fourth-order valence-corrected chi connectivity index (χ4v) is 3.43. The van der Waals surface area contributed by atoms with Crippen LogP contribution in [0.1, 0.15) is 28.7 Å². The second-order valence-electron chi connectivity index (χ2n) is 6.13. The lowest BCUT2D eigenvalue weighted by atomic mass is 9.93. The molecule has 0 radical (unpaired) electrons. The Balaban J connectivity index is 0.00000192. The van der Waals surface area contributed by atoms with Gasteiger partial charge in [-0.1, -0.05) is 54.1 Å². The van der Waals surface area contributed by atoms with Crippen molar-refractivity contribution in [1.29, 1.82) is 0 Å². The number of fused-ring (bicyclic) bond motifs is 2. The summed E-state index contributed by atoms with van der Waals surface area (Å²) in [5.74, 6) is 0. The predicted octanol–water partition coefficient (Wildman–Crippen LogP) is 5.24. The average Bonchev–Trinajstić information content (AvgIpc) is 2.66. The van der Waals surface area contributed by atoms with Crippen LogP contribution in [0.2, 0.25) is 5.02 Å². The Morgan fingerprint density at radius 3 is 2.52 bits per heavy atom. The summed E-state index contributed by atoms with van der Waals surface area (Å²) in [4.78, 5) is 2.22. The van der Waals surface area contributed by atoms with E-state index in [4.69, 9.17) is 11.6 Å². The molecule has 0 aliphatic heterocycles. The van der Waals surface area contributed by atoms with Gasteiger partial charge >= 0.3 is 0 Å². The zero-order chi connectivity index (χ0) is 15.5. The molecular formula is C20H23Cl2N. The minimum Gasteiger partial charge on any atom is -0.309 e. The Bertz CT molecular complexity index is 705. The van der Waals surface area contributed by atoms with Gasteiger partial charge in [-0.3, -0.25) is 0 Å². The maximum absolute atomic E-state index is 6.47. The molecule has 2 aromatic rings. The highest BCUT2D eigenvalue weighted by molar-refractivity contribution is 6.31. The van der Waals surface area contributed by atoms with Crippen LogP contribution in [0.5, 0.6) is 0 Å². The first-order valence-electron chi connectivity index (χ1n) is 7.88. The molecule has 0 aromatic heterocycles. The molecular weight excluding hydrogens is 325 g/mol. The van der Waals surface area contributed by atoms with Gasteiger partial charge in [0.15, 0.2) is 0 Å². The summed E-state index contributed by atoms with van der Waals surface area (Å²) in [6.45, 7) is 1.06. The first-order valence-corrected chi connectivity index (χ1v) is 8.25. The van der Waals surface area contributed by atoms with E-state index in [1.54, 1.807) is 0 Å². The normalized spacial score (nSPS) is 14.9. The summed E-state index contributed by atoms with van der Waals surface area (Å²) in [6.07, 6.45) is 5.48. The van der Waals surface area contributed by atoms with E-state index in [0.717, 1.165) is 30.8 Å². The molecule has 3 heteroatoms. The van der Waals surface area contributed by atoms with Crippen LogP contribution in [0.3, 0.4) is 0 Å². The molecule has 23 heavy (non-hydrogen) atoms. The van der Waals surface area contributed by atoms with Crippen molar-refractivity contribution in [1.82, 2.24) is 4.90 Å². The molecule has 0 N–H and O–H groups in total. The SMILES string of the molecule is CN(C)CC/C=C1\c2ccccc2CCc2c(Cl)cccc21.Cl. The molecule has 1 nitrogen and oxygen atoms in total. The van der Waals surface area contributed by atoms with Crippen LogP contribution in [0, 0.1) is 0 Å². The van der Waals surface area contributed by atoms with E-state index in [1.807, 2.05) is 6.07 Å². The maximum Gasteiger partial charge on any atom is 0.0444 e. The lowest BCUT2D eigenvalue weighted by Gasteiger charge is -2.14. The minimum atomic E-state index is 0. The number of nitrogens with zero attached hydrogens (tertiary/aromatic N) is 1. The van der Waals surface area contributed by atoms with Gasteiger partial charge in [-0.15, -0.1) is 12.4 Å². The molecule has 0 saturated carbocycles. The van der Waals surface area contributed by atoms with Gasteiger partial charge in [0.1, 0.15) is 0 Å². The van der Waals surface area contributed by atoms with E-state index in [0.29, 0.717) is 0 Å². The molecule has 0 bridgehead atoms.